The SMILES string of the molecule is Cc1cc(-c2ccc(S(=O)(=O)NCCCn3nc(C)cc3C)s2)on1. The topological polar surface area (TPSA) is 90.0 Å². The van der Waals surface area contributed by atoms with Crippen LogP contribution in [-0.2, 0) is 16.6 Å². The van der Waals surface area contributed by atoms with Gasteiger partial charge >= 0.3 is 0 Å². The molecule has 0 spiro atoms. The number of rotatable bonds is 7. The molecule has 0 radical (unpaired) electrons. The number of sulfonamides is 1. The van der Waals surface area contributed by atoms with Crippen LogP contribution in [0.3, 0.4) is 0 Å². The zero-order valence-electron chi connectivity index (χ0n) is 14.3. The van der Waals surface area contributed by atoms with E-state index < -0.39 is 10.0 Å². The minimum atomic E-state index is -3.52. The van der Waals surface area contributed by atoms with Gasteiger partial charge in [0.2, 0.25) is 10.0 Å². The number of hydrogen-bond donors (Lipinski definition) is 1. The molecule has 0 unspecified atom stereocenters. The Balaban J connectivity index is 1.58. The van der Waals surface area contributed by atoms with Gasteiger partial charge in [0, 0.05) is 24.8 Å². The molecule has 0 aliphatic heterocycles. The fourth-order valence-electron chi connectivity index (χ4n) is 2.48. The van der Waals surface area contributed by atoms with Crippen molar-refractivity contribution in [2.24, 2.45) is 0 Å². The quantitative estimate of drug-likeness (QED) is 0.637. The van der Waals surface area contributed by atoms with E-state index in [2.05, 4.69) is 15.0 Å². The summed E-state index contributed by atoms with van der Waals surface area (Å²) in [5, 5.41) is 8.19. The average molecular weight is 380 g/mol. The van der Waals surface area contributed by atoms with Crippen LogP contribution >= 0.6 is 11.3 Å². The monoisotopic (exact) mass is 380 g/mol. The molecule has 0 aromatic carbocycles. The summed E-state index contributed by atoms with van der Waals surface area (Å²) in [5.41, 5.74) is 2.80. The van der Waals surface area contributed by atoms with Crippen LogP contribution in [0.2, 0.25) is 0 Å². The molecular weight excluding hydrogens is 360 g/mol. The van der Waals surface area contributed by atoms with Crippen LogP contribution in [0.25, 0.3) is 10.6 Å². The molecule has 0 saturated carbocycles. The van der Waals surface area contributed by atoms with E-state index in [1.165, 1.54) is 0 Å². The fraction of sp³-hybridized carbons (Fsp3) is 0.375. The predicted molar refractivity (Wildman–Crippen MR) is 96.1 cm³/mol. The maximum absolute atomic E-state index is 12.4. The lowest BCUT2D eigenvalue weighted by Gasteiger charge is -2.06. The zero-order valence-corrected chi connectivity index (χ0v) is 15.9. The summed E-state index contributed by atoms with van der Waals surface area (Å²) >= 11 is 1.16. The Kier molecular flexibility index (Phi) is 5.07. The highest BCUT2D eigenvalue weighted by molar-refractivity contribution is 7.91. The van der Waals surface area contributed by atoms with Crippen LogP contribution in [0.1, 0.15) is 23.5 Å². The molecule has 0 aliphatic rings. The summed E-state index contributed by atoms with van der Waals surface area (Å²) in [7, 11) is -3.52. The van der Waals surface area contributed by atoms with Gasteiger partial charge in [-0.05, 0) is 45.4 Å². The van der Waals surface area contributed by atoms with Crippen molar-refractivity contribution in [1.29, 1.82) is 0 Å². The molecule has 0 saturated heterocycles. The molecule has 1 N–H and O–H groups in total. The molecular formula is C16H20N4O3S2. The smallest absolute Gasteiger partial charge is 0.250 e. The van der Waals surface area contributed by atoms with E-state index in [0.717, 1.165) is 33.3 Å². The normalized spacial score (nSPS) is 12.0. The van der Waals surface area contributed by atoms with Gasteiger partial charge < -0.3 is 4.52 Å². The average Bonchev–Trinajstić information content (AvgIpc) is 3.24. The van der Waals surface area contributed by atoms with Gasteiger partial charge in [0.1, 0.15) is 4.21 Å². The second-order valence-electron chi connectivity index (χ2n) is 5.85. The maximum atomic E-state index is 12.4. The first-order chi connectivity index (χ1) is 11.8. The second-order valence-corrected chi connectivity index (χ2v) is 8.93. The van der Waals surface area contributed by atoms with Crippen molar-refractivity contribution in [3.8, 4) is 10.6 Å². The highest BCUT2D eigenvalue weighted by Gasteiger charge is 2.18. The standard InChI is InChI=1S/C16H20N4O3S2/c1-11-9-13(3)20(18-11)8-4-7-17-25(21,22)16-6-5-15(24-16)14-10-12(2)19-23-14/h5-6,9-10,17H,4,7-8H2,1-3H3. The van der Waals surface area contributed by atoms with Gasteiger partial charge in [-0.15, -0.1) is 11.3 Å². The van der Waals surface area contributed by atoms with Gasteiger partial charge in [-0.25, -0.2) is 13.1 Å². The first-order valence-corrected chi connectivity index (χ1v) is 10.2. The number of nitrogens with zero attached hydrogens (tertiary/aromatic N) is 3. The first kappa shape index (κ1) is 17.8. The Morgan fingerprint density at radius 2 is 2.00 bits per heavy atom. The van der Waals surface area contributed by atoms with Crippen molar-refractivity contribution in [2.45, 2.75) is 37.9 Å². The predicted octanol–water partition coefficient (Wildman–Crippen LogP) is 2.89. The van der Waals surface area contributed by atoms with Crippen LogP contribution in [0, 0.1) is 20.8 Å². The molecule has 134 valence electrons. The van der Waals surface area contributed by atoms with E-state index in [1.54, 1.807) is 18.2 Å². The van der Waals surface area contributed by atoms with Crippen molar-refractivity contribution in [2.75, 3.05) is 6.54 Å². The molecule has 25 heavy (non-hydrogen) atoms. The van der Waals surface area contributed by atoms with Crippen LogP contribution < -0.4 is 4.72 Å². The van der Waals surface area contributed by atoms with Gasteiger partial charge in [0.25, 0.3) is 0 Å². The number of aromatic nitrogens is 3. The maximum Gasteiger partial charge on any atom is 0.250 e. The highest BCUT2D eigenvalue weighted by Crippen LogP contribution is 2.30. The third kappa shape index (κ3) is 4.17. The van der Waals surface area contributed by atoms with E-state index >= 15 is 0 Å². The molecule has 7 nitrogen and oxygen atoms in total. The van der Waals surface area contributed by atoms with Gasteiger partial charge in [-0.1, -0.05) is 5.16 Å². The Hall–Kier alpha value is -1.97. The Morgan fingerprint density at radius 3 is 2.64 bits per heavy atom. The molecule has 3 heterocycles. The summed E-state index contributed by atoms with van der Waals surface area (Å²) in [6, 6.07) is 7.10. The molecule has 0 bridgehead atoms. The van der Waals surface area contributed by atoms with Crippen molar-refractivity contribution in [3.05, 3.63) is 41.3 Å². The Bertz CT molecular complexity index is 969. The Morgan fingerprint density at radius 1 is 1.20 bits per heavy atom. The molecule has 0 atom stereocenters. The number of hydrogen-bond acceptors (Lipinski definition) is 6. The van der Waals surface area contributed by atoms with E-state index in [9.17, 15) is 8.42 Å². The van der Waals surface area contributed by atoms with E-state index in [1.807, 2.05) is 31.5 Å². The van der Waals surface area contributed by atoms with Crippen molar-refractivity contribution in [3.63, 3.8) is 0 Å². The van der Waals surface area contributed by atoms with Crippen LogP contribution in [0.15, 0.2) is 33.0 Å². The third-order valence-electron chi connectivity index (χ3n) is 3.66. The highest BCUT2D eigenvalue weighted by atomic mass is 32.2. The van der Waals surface area contributed by atoms with Gasteiger partial charge in [0.05, 0.1) is 16.3 Å². The molecule has 3 aromatic heterocycles. The van der Waals surface area contributed by atoms with Crippen molar-refractivity contribution in [1.82, 2.24) is 19.7 Å². The molecule has 9 heteroatoms. The largest absolute Gasteiger partial charge is 0.355 e. The number of nitrogens with one attached hydrogen (secondary N) is 1. The zero-order chi connectivity index (χ0) is 18.0. The summed E-state index contributed by atoms with van der Waals surface area (Å²) < 4.78 is 34.8. The lowest BCUT2D eigenvalue weighted by Crippen LogP contribution is -2.25. The van der Waals surface area contributed by atoms with Gasteiger partial charge in [0.15, 0.2) is 5.76 Å². The lowest BCUT2D eigenvalue weighted by atomic mass is 10.3. The minimum absolute atomic E-state index is 0.266. The minimum Gasteiger partial charge on any atom is -0.355 e. The molecule has 3 rings (SSSR count). The fourth-order valence-corrected chi connectivity index (χ4v) is 4.86. The Labute approximate surface area is 150 Å². The molecule has 3 aromatic rings. The molecule has 0 aliphatic carbocycles. The van der Waals surface area contributed by atoms with E-state index in [-0.39, 0.29) is 4.21 Å². The summed E-state index contributed by atoms with van der Waals surface area (Å²) in [5.74, 6) is 0.577. The van der Waals surface area contributed by atoms with Crippen LogP contribution in [0.5, 0.6) is 0 Å². The summed E-state index contributed by atoms with van der Waals surface area (Å²) in [6.07, 6.45) is 0.667. The summed E-state index contributed by atoms with van der Waals surface area (Å²) in [4.78, 5) is 0.739. The molecule has 0 fully saturated rings. The van der Waals surface area contributed by atoms with Crippen molar-refractivity contribution >= 4 is 21.4 Å². The van der Waals surface area contributed by atoms with E-state index in [0.29, 0.717) is 25.3 Å². The third-order valence-corrected chi connectivity index (χ3v) is 6.71. The van der Waals surface area contributed by atoms with E-state index in [4.69, 9.17) is 4.52 Å². The second kappa shape index (κ2) is 7.11. The van der Waals surface area contributed by atoms with Crippen molar-refractivity contribution < 1.29 is 12.9 Å². The van der Waals surface area contributed by atoms with Crippen LogP contribution in [0.4, 0.5) is 0 Å². The molecule has 0 amide bonds. The number of aryl methyl sites for hydroxylation is 4. The van der Waals surface area contributed by atoms with Crippen LogP contribution in [-0.4, -0.2) is 29.9 Å². The number of thiophene rings is 1. The van der Waals surface area contributed by atoms with Gasteiger partial charge in [-0.2, -0.15) is 5.10 Å². The lowest BCUT2D eigenvalue weighted by molar-refractivity contribution is 0.428. The summed E-state index contributed by atoms with van der Waals surface area (Å²) in [6.45, 7) is 6.78. The first-order valence-electron chi connectivity index (χ1n) is 7.89. The van der Waals surface area contributed by atoms with Gasteiger partial charge in [-0.3, -0.25) is 4.68 Å².